The van der Waals surface area contributed by atoms with Gasteiger partial charge in [0.15, 0.2) is 0 Å². The topological polar surface area (TPSA) is 3.24 Å². The van der Waals surface area contributed by atoms with Crippen LogP contribution < -0.4 is 4.90 Å². The van der Waals surface area contributed by atoms with Crippen molar-refractivity contribution in [3.63, 3.8) is 0 Å². The molecule has 0 spiro atoms. The molecule has 0 aliphatic rings. The van der Waals surface area contributed by atoms with Crippen LogP contribution in [0.2, 0.25) is 0 Å². The van der Waals surface area contributed by atoms with Gasteiger partial charge in [0.25, 0.3) is 0 Å². The summed E-state index contributed by atoms with van der Waals surface area (Å²) in [6.07, 6.45) is 0. The summed E-state index contributed by atoms with van der Waals surface area (Å²) in [5, 5.41) is 0. The maximum absolute atomic E-state index is 3.01. The fourth-order valence-corrected chi connectivity index (χ4v) is 2.08. The quantitative estimate of drug-likeness (QED) is 0.584. The maximum atomic E-state index is 3.01. The zero-order valence-corrected chi connectivity index (χ0v) is 12.5. The lowest BCUT2D eigenvalue weighted by molar-refractivity contribution is 1.28. The Morgan fingerprint density at radius 2 is 1.14 bits per heavy atom. The Hall–Kier alpha value is -2.72. The van der Waals surface area contributed by atoms with Gasteiger partial charge in [0.1, 0.15) is 0 Å². The Labute approximate surface area is 127 Å². The van der Waals surface area contributed by atoms with Crippen molar-refractivity contribution in [1.29, 1.82) is 0 Å². The molecule has 0 amide bonds. The minimum Gasteiger partial charge on any atom is -0.310 e. The second-order valence-electron chi connectivity index (χ2n) is 4.20. The number of hydrogen-bond acceptors (Lipinski definition) is 1. The molecule has 0 saturated heterocycles. The highest BCUT2D eigenvalue weighted by Gasteiger charge is 2.10. The summed E-state index contributed by atoms with van der Waals surface area (Å²) in [6, 6.07) is 32.5. The monoisotopic (exact) mass is 273 g/mol. The van der Waals surface area contributed by atoms with Gasteiger partial charge in [-0.15, -0.1) is 0 Å². The Morgan fingerprint density at radius 1 is 0.619 bits per heavy atom. The van der Waals surface area contributed by atoms with Gasteiger partial charge in [0.05, 0.1) is 5.69 Å². The minimum absolute atomic E-state index is 1.08. The van der Waals surface area contributed by atoms with Crippen LogP contribution in [-0.4, -0.2) is 0 Å². The Bertz CT molecular complexity index is 524. The van der Waals surface area contributed by atoms with Crippen LogP contribution in [0.4, 0.5) is 17.1 Å². The third-order valence-corrected chi connectivity index (χ3v) is 2.93. The Morgan fingerprint density at radius 3 is 1.57 bits per heavy atom. The third kappa shape index (κ3) is 3.64. The molecule has 1 heteroatoms. The van der Waals surface area contributed by atoms with Crippen molar-refractivity contribution in [2.45, 2.75) is 13.8 Å². The highest BCUT2D eigenvalue weighted by Crippen LogP contribution is 2.32. The zero-order chi connectivity index (χ0) is 14.9. The van der Waals surface area contributed by atoms with E-state index in [9.17, 15) is 0 Å². The van der Waals surface area contributed by atoms with Gasteiger partial charge in [0, 0.05) is 17.4 Å². The summed E-state index contributed by atoms with van der Waals surface area (Å²) in [4.78, 5) is 2.20. The van der Waals surface area contributed by atoms with Crippen LogP contribution in [0.25, 0.3) is 0 Å². The first-order valence-corrected chi connectivity index (χ1v) is 7.23. The van der Waals surface area contributed by atoms with Crippen LogP contribution in [-0.2, 0) is 0 Å². The van der Waals surface area contributed by atoms with Crippen LogP contribution >= 0.6 is 0 Å². The molecule has 1 nitrogen and oxygen atoms in total. The van der Waals surface area contributed by atoms with E-state index in [-0.39, 0.29) is 0 Å². The van der Waals surface area contributed by atoms with Crippen LogP contribution in [0.5, 0.6) is 0 Å². The molecule has 0 atom stereocenters. The SMILES string of the molecule is CC.c1ccc(N(c2ccccc2)c2ccccc2)cc#1. The van der Waals surface area contributed by atoms with Crippen molar-refractivity contribution >= 4 is 17.1 Å². The first-order valence-electron chi connectivity index (χ1n) is 7.23. The van der Waals surface area contributed by atoms with Gasteiger partial charge in [0.2, 0.25) is 0 Å². The molecule has 0 saturated carbocycles. The number of hydrogen-bond donors (Lipinski definition) is 0. The third-order valence-electron chi connectivity index (χ3n) is 2.93. The summed E-state index contributed by atoms with van der Waals surface area (Å²) in [5.41, 5.74) is 3.35. The Kier molecular flexibility index (Phi) is 5.43. The zero-order valence-electron chi connectivity index (χ0n) is 12.5. The average Bonchev–Trinajstić information content (AvgIpc) is 2.60. The number of anilines is 3. The van der Waals surface area contributed by atoms with Gasteiger partial charge < -0.3 is 4.90 Å². The standard InChI is InChI=1S/C18H13N.C2H6/c1-4-10-16(11-5-1)19(17-12-6-2-7-13-17)18-14-8-3-9-15-18;1-2/h1-2,4-8,10-15H;1-2H3. The van der Waals surface area contributed by atoms with Gasteiger partial charge in [-0.2, -0.15) is 0 Å². The molecule has 3 aromatic carbocycles. The van der Waals surface area contributed by atoms with Gasteiger partial charge in [-0.25, -0.2) is 0 Å². The average molecular weight is 273 g/mol. The minimum atomic E-state index is 1.08. The molecular weight excluding hydrogens is 254 g/mol. The fraction of sp³-hybridized carbons (Fsp3) is 0.100. The lowest BCUT2D eigenvalue weighted by atomic mass is 10.2. The van der Waals surface area contributed by atoms with Crippen molar-refractivity contribution in [2.24, 2.45) is 0 Å². The largest absolute Gasteiger partial charge is 0.310 e. The van der Waals surface area contributed by atoms with E-state index >= 15 is 0 Å². The molecule has 104 valence electrons. The second kappa shape index (κ2) is 7.77. The molecule has 0 unspecified atom stereocenters. The van der Waals surface area contributed by atoms with Crippen LogP contribution in [0.15, 0.2) is 78.9 Å². The van der Waals surface area contributed by atoms with E-state index in [1.807, 2.05) is 68.4 Å². The van der Waals surface area contributed by atoms with Crippen molar-refractivity contribution in [3.8, 4) is 0 Å². The molecule has 0 aromatic heterocycles. The van der Waals surface area contributed by atoms with Crippen molar-refractivity contribution < 1.29 is 0 Å². The highest BCUT2D eigenvalue weighted by atomic mass is 15.1. The summed E-state index contributed by atoms with van der Waals surface area (Å²) >= 11 is 0. The van der Waals surface area contributed by atoms with E-state index in [1.165, 1.54) is 0 Å². The summed E-state index contributed by atoms with van der Waals surface area (Å²) in [5.74, 6) is 0. The second-order valence-corrected chi connectivity index (χ2v) is 4.20. The molecule has 0 aliphatic heterocycles. The summed E-state index contributed by atoms with van der Waals surface area (Å²) in [7, 11) is 0. The predicted molar refractivity (Wildman–Crippen MR) is 90.1 cm³/mol. The van der Waals surface area contributed by atoms with Crippen molar-refractivity contribution in [2.75, 3.05) is 4.90 Å². The molecular formula is C20H19N. The summed E-state index contributed by atoms with van der Waals surface area (Å²) < 4.78 is 0. The van der Waals surface area contributed by atoms with E-state index in [0.29, 0.717) is 0 Å². The van der Waals surface area contributed by atoms with Crippen molar-refractivity contribution in [1.82, 2.24) is 0 Å². The van der Waals surface area contributed by atoms with Gasteiger partial charge in [-0.05, 0) is 36.4 Å². The maximum Gasteiger partial charge on any atom is 0.0551 e. The van der Waals surface area contributed by atoms with E-state index in [1.54, 1.807) is 0 Å². The van der Waals surface area contributed by atoms with E-state index < -0.39 is 0 Å². The van der Waals surface area contributed by atoms with Crippen LogP contribution in [0.1, 0.15) is 13.8 Å². The molecule has 3 aromatic rings. The molecule has 0 heterocycles. The lowest BCUT2D eigenvalue weighted by Gasteiger charge is -2.24. The number of nitrogens with zero attached hydrogens (tertiary/aromatic N) is 1. The van der Waals surface area contributed by atoms with Gasteiger partial charge >= 0.3 is 0 Å². The lowest BCUT2D eigenvalue weighted by Crippen LogP contribution is -2.09. The Balaban J connectivity index is 0.000000774. The molecule has 3 rings (SSSR count). The molecule has 21 heavy (non-hydrogen) atoms. The summed E-state index contributed by atoms with van der Waals surface area (Å²) in [6.45, 7) is 4.00. The number of para-hydroxylation sites is 2. The van der Waals surface area contributed by atoms with Gasteiger partial charge in [-0.1, -0.05) is 62.4 Å². The van der Waals surface area contributed by atoms with Crippen molar-refractivity contribution in [3.05, 3.63) is 91.0 Å². The molecule has 0 radical (unpaired) electrons. The van der Waals surface area contributed by atoms with E-state index in [4.69, 9.17) is 0 Å². The van der Waals surface area contributed by atoms with Gasteiger partial charge in [-0.3, -0.25) is 0 Å². The van der Waals surface area contributed by atoms with Crippen LogP contribution in [0, 0.1) is 12.1 Å². The van der Waals surface area contributed by atoms with E-state index in [0.717, 1.165) is 17.1 Å². The first-order chi connectivity index (χ1) is 10.4. The van der Waals surface area contributed by atoms with Crippen LogP contribution in [0.3, 0.4) is 0 Å². The molecule has 0 aliphatic carbocycles. The fourth-order valence-electron chi connectivity index (χ4n) is 2.08. The molecule has 0 fully saturated rings. The smallest absolute Gasteiger partial charge is 0.0551 e. The molecule has 0 bridgehead atoms. The van der Waals surface area contributed by atoms with E-state index in [2.05, 4.69) is 41.3 Å². The highest BCUT2D eigenvalue weighted by molar-refractivity contribution is 5.75. The first kappa shape index (κ1) is 14.7. The molecule has 0 N–H and O–H groups in total. The number of rotatable bonds is 3. The number of benzene rings is 2. The predicted octanol–water partition coefficient (Wildman–Crippen LogP) is 5.78. The normalized spacial score (nSPS) is 9.05.